The molecule has 0 saturated carbocycles. The maximum atomic E-state index is 13.0. The van der Waals surface area contributed by atoms with Crippen molar-refractivity contribution in [1.29, 1.82) is 0 Å². The van der Waals surface area contributed by atoms with Crippen molar-refractivity contribution in [2.45, 2.75) is 26.0 Å². The van der Waals surface area contributed by atoms with E-state index in [-0.39, 0.29) is 48.9 Å². The molecule has 49 heavy (non-hydrogen) atoms. The zero-order valence-corrected chi connectivity index (χ0v) is 28.3. The highest BCUT2D eigenvalue weighted by atomic mass is 35.5. The highest BCUT2D eigenvalue weighted by Gasteiger charge is 2.21. The third kappa shape index (κ3) is 8.62. The fourth-order valence-corrected chi connectivity index (χ4v) is 5.53. The Morgan fingerprint density at radius 1 is 1.00 bits per heavy atom. The smallest absolute Gasteiger partial charge is 0.297 e. The van der Waals surface area contributed by atoms with E-state index >= 15 is 0 Å². The van der Waals surface area contributed by atoms with Crippen LogP contribution in [0.1, 0.15) is 23.2 Å². The molecule has 3 amide bonds. The van der Waals surface area contributed by atoms with Crippen molar-refractivity contribution in [1.82, 2.24) is 24.8 Å². The van der Waals surface area contributed by atoms with E-state index in [9.17, 15) is 14.4 Å². The number of aromatic nitrogens is 4. The van der Waals surface area contributed by atoms with E-state index < -0.39 is 0 Å². The van der Waals surface area contributed by atoms with Gasteiger partial charge in [-0.05, 0) is 54.4 Å². The second-order valence-electron chi connectivity index (χ2n) is 10.8. The number of nitrogens with two attached hydrogens (primary N) is 1. The van der Waals surface area contributed by atoms with E-state index in [1.807, 2.05) is 34.9 Å². The lowest BCUT2D eigenvalue weighted by molar-refractivity contribution is -0.124. The minimum atomic E-state index is -0.388. The molecule has 254 valence electrons. The number of fused-ring (bicyclic) bond motifs is 1. The van der Waals surface area contributed by atoms with Crippen molar-refractivity contribution in [3.8, 4) is 11.8 Å². The number of amides is 3. The van der Waals surface area contributed by atoms with Crippen molar-refractivity contribution >= 4 is 63.5 Å². The molecule has 0 aliphatic heterocycles. The lowest BCUT2D eigenvalue weighted by Gasteiger charge is -2.21. The second-order valence-corrected chi connectivity index (χ2v) is 11.6. The molecule has 4 N–H and O–H groups in total. The van der Waals surface area contributed by atoms with Crippen LogP contribution < -0.4 is 30.7 Å². The highest BCUT2D eigenvalue weighted by Crippen LogP contribution is 2.36. The van der Waals surface area contributed by atoms with Crippen LogP contribution in [0.2, 0.25) is 10.0 Å². The van der Waals surface area contributed by atoms with Crippen LogP contribution in [0.25, 0.3) is 11.0 Å². The number of para-hydroxylation sites is 1. The summed E-state index contributed by atoms with van der Waals surface area (Å²) in [5.74, 6) is -0.191. The third-order valence-corrected chi connectivity index (χ3v) is 8.34. The molecule has 0 saturated heterocycles. The van der Waals surface area contributed by atoms with Gasteiger partial charge in [0.1, 0.15) is 23.7 Å². The molecule has 0 aliphatic rings. The number of ether oxygens (including phenoxy) is 2. The minimum Gasteiger partial charge on any atom is -0.486 e. The van der Waals surface area contributed by atoms with Gasteiger partial charge in [0.05, 0.1) is 48.7 Å². The van der Waals surface area contributed by atoms with E-state index in [1.54, 1.807) is 56.9 Å². The predicted molar refractivity (Wildman–Crippen MR) is 187 cm³/mol. The Labute approximate surface area is 292 Å². The average Bonchev–Trinajstić information content (AvgIpc) is 3.48. The van der Waals surface area contributed by atoms with Gasteiger partial charge >= 0.3 is 0 Å². The van der Waals surface area contributed by atoms with Gasteiger partial charge < -0.3 is 30.7 Å². The van der Waals surface area contributed by atoms with Crippen LogP contribution in [0.5, 0.6) is 11.8 Å². The molecule has 0 aliphatic carbocycles. The van der Waals surface area contributed by atoms with Gasteiger partial charge in [-0.1, -0.05) is 41.4 Å². The number of pyridine rings is 2. The topological polar surface area (TPSA) is 167 Å². The monoisotopic (exact) mass is 704 g/mol. The van der Waals surface area contributed by atoms with Gasteiger partial charge in [-0.15, -0.1) is 0 Å². The summed E-state index contributed by atoms with van der Waals surface area (Å²) in [5.41, 5.74) is 9.18. The third-order valence-electron chi connectivity index (χ3n) is 7.56. The van der Waals surface area contributed by atoms with E-state index in [2.05, 4.69) is 25.6 Å². The zero-order valence-electron chi connectivity index (χ0n) is 26.8. The quantitative estimate of drug-likeness (QED) is 0.152. The first kappa shape index (κ1) is 35.1. The van der Waals surface area contributed by atoms with Crippen LogP contribution in [0.3, 0.4) is 0 Å². The van der Waals surface area contributed by atoms with Crippen LogP contribution in [0.15, 0.2) is 73.1 Å². The van der Waals surface area contributed by atoms with E-state index in [4.69, 9.17) is 38.4 Å². The fourth-order valence-electron chi connectivity index (χ4n) is 4.92. The molecule has 0 fully saturated rings. The number of anilines is 2. The maximum Gasteiger partial charge on any atom is 0.297 e. The normalized spacial score (nSPS) is 10.9. The van der Waals surface area contributed by atoms with Crippen LogP contribution in [-0.4, -0.2) is 64.5 Å². The lowest BCUT2D eigenvalue weighted by atomic mass is 10.1. The Bertz CT molecular complexity index is 1950. The molecule has 13 nitrogen and oxygen atoms in total. The molecule has 0 radical (unpaired) electrons. The molecule has 5 aromatic rings. The van der Waals surface area contributed by atoms with Crippen molar-refractivity contribution in [2.24, 2.45) is 5.73 Å². The number of nitrogens with zero attached hydrogens (tertiary/aromatic N) is 5. The maximum absolute atomic E-state index is 13.0. The molecule has 3 aromatic heterocycles. The molecule has 15 heteroatoms. The van der Waals surface area contributed by atoms with Crippen molar-refractivity contribution in [3.63, 3.8) is 0 Å². The number of aryl methyl sites for hydroxylation is 1. The van der Waals surface area contributed by atoms with Crippen LogP contribution in [-0.2, 0) is 34.0 Å². The number of hydrogen-bond acceptors (Lipinski definition) is 9. The van der Waals surface area contributed by atoms with Gasteiger partial charge in [0, 0.05) is 36.4 Å². The summed E-state index contributed by atoms with van der Waals surface area (Å²) in [4.78, 5) is 51.5. The number of rotatable bonds is 14. The van der Waals surface area contributed by atoms with E-state index in [1.165, 1.54) is 4.90 Å². The van der Waals surface area contributed by atoms with Crippen molar-refractivity contribution < 1.29 is 23.9 Å². The molecule has 0 spiro atoms. The van der Waals surface area contributed by atoms with Gasteiger partial charge in [0.2, 0.25) is 17.7 Å². The lowest BCUT2D eigenvalue weighted by Crippen LogP contribution is -2.38. The van der Waals surface area contributed by atoms with Gasteiger partial charge in [0.25, 0.3) is 6.01 Å². The summed E-state index contributed by atoms with van der Waals surface area (Å²) < 4.78 is 13.7. The van der Waals surface area contributed by atoms with Gasteiger partial charge in [-0.3, -0.25) is 23.9 Å². The Hall–Kier alpha value is -5.24. The highest BCUT2D eigenvalue weighted by molar-refractivity contribution is 6.38. The average molecular weight is 706 g/mol. The number of halogens is 2. The molecule has 0 bridgehead atoms. The van der Waals surface area contributed by atoms with Crippen molar-refractivity contribution in [3.05, 3.63) is 99.9 Å². The Kier molecular flexibility index (Phi) is 11.6. The largest absolute Gasteiger partial charge is 0.486 e. The fraction of sp³-hybridized carbons (Fsp3) is 0.235. The van der Waals surface area contributed by atoms with Crippen LogP contribution in [0, 0.1) is 0 Å². The predicted octanol–water partition coefficient (Wildman–Crippen LogP) is 4.38. The molecular weight excluding hydrogens is 671 g/mol. The minimum absolute atomic E-state index is 0.00592. The first-order valence-corrected chi connectivity index (χ1v) is 15.9. The number of benzene rings is 2. The molecular formula is C34H34Cl2N8O5. The standard InChI is InChI=1S/C34H34Cl2N8O5/c1-43(31(47)18-40-29(45)14-10-21-9-13-28(39-17-21)41-30(46)16-37)25-12-11-24(35)23(32(25)36)20-49-27-8-5-7-26-33(27)42-34(48-2)44(26)19-22-6-3-4-15-38-22/h3-9,11-13,15,17H,10,14,16,18-20,37H2,1-2H3,(H,40,45)(H,39,41,46). The zero-order chi connectivity index (χ0) is 34.9. The van der Waals surface area contributed by atoms with Crippen LogP contribution >= 0.6 is 23.2 Å². The summed E-state index contributed by atoms with van der Waals surface area (Å²) in [6.45, 7) is 0.0577. The molecule has 2 aromatic carbocycles. The van der Waals surface area contributed by atoms with E-state index in [0.717, 1.165) is 16.8 Å². The second kappa shape index (κ2) is 16.2. The Morgan fingerprint density at radius 2 is 1.84 bits per heavy atom. The molecule has 3 heterocycles. The number of hydrogen-bond donors (Lipinski definition) is 3. The first-order valence-electron chi connectivity index (χ1n) is 15.2. The summed E-state index contributed by atoms with van der Waals surface area (Å²) in [5, 5.41) is 5.79. The number of imidazole rings is 1. The van der Waals surface area contributed by atoms with Gasteiger partial charge in [0.15, 0.2) is 0 Å². The molecule has 0 atom stereocenters. The van der Waals surface area contributed by atoms with Gasteiger partial charge in [-0.2, -0.15) is 4.98 Å². The summed E-state index contributed by atoms with van der Waals surface area (Å²) in [7, 11) is 3.11. The summed E-state index contributed by atoms with van der Waals surface area (Å²) in [6, 6.07) is 18.3. The number of carbonyl (C=O) groups excluding carboxylic acids is 3. The Morgan fingerprint density at radius 3 is 2.55 bits per heavy atom. The van der Waals surface area contributed by atoms with E-state index in [0.29, 0.717) is 52.3 Å². The van der Waals surface area contributed by atoms with Crippen LogP contribution in [0.4, 0.5) is 11.5 Å². The number of nitrogens with one attached hydrogen (secondary N) is 2. The Balaban J connectivity index is 1.20. The SMILES string of the molecule is COc1nc2c(OCc3c(Cl)ccc(N(C)C(=O)CNC(=O)CCc4ccc(NC(=O)CN)nc4)c3Cl)cccc2n1Cc1ccccn1. The van der Waals surface area contributed by atoms with Gasteiger partial charge in [-0.25, -0.2) is 4.98 Å². The number of carbonyl (C=O) groups is 3. The van der Waals surface area contributed by atoms with Crippen molar-refractivity contribution in [2.75, 3.05) is 37.5 Å². The first-order chi connectivity index (χ1) is 23.7. The molecule has 5 rings (SSSR count). The number of methoxy groups -OCH3 is 1. The summed E-state index contributed by atoms with van der Waals surface area (Å²) in [6.07, 6.45) is 3.83. The number of likely N-dealkylation sites (N-methyl/N-ethyl adjacent to an activating group) is 1. The molecule has 0 unspecified atom stereocenters. The summed E-state index contributed by atoms with van der Waals surface area (Å²) >= 11 is 13.3.